The molecule has 0 aromatic heterocycles. The SMILES string of the molecule is CC(N)C1CCCCN1CC#Cc1ccccc1. The summed E-state index contributed by atoms with van der Waals surface area (Å²) in [6.07, 6.45) is 3.79. The molecule has 2 nitrogen and oxygen atoms in total. The Kier molecular flexibility index (Phi) is 4.81. The summed E-state index contributed by atoms with van der Waals surface area (Å²) in [6.45, 7) is 4.07. The van der Waals surface area contributed by atoms with E-state index < -0.39 is 0 Å². The van der Waals surface area contributed by atoms with E-state index in [9.17, 15) is 0 Å². The third kappa shape index (κ3) is 3.60. The Morgan fingerprint density at radius 3 is 2.83 bits per heavy atom. The van der Waals surface area contributed by atoms with E-state index in [2.05, 4.69) is 23.7 Å². The maximum Gasteiger partial charge on any atom is 0.0608 e. The lowest BCUT2D eigenvalue weighted by Crippen LogP contribution is -2.49. The highest BCUT2D eigenvalue weighted by atomic mass is 15.2. The molecule has 96 valence electrons. The van der Waals surface area contributed by atoms with Crippen LogP contribution in [0, 0.1) is 11.8 Å². The van der Waals surface area contributed by atoms with Crippen LogP contribution in [0.1, 0.15) is 31.7 Å². The second kappa shape index (κ2) is 6.58. The summed E-state index contributed by atoms with van der Waals surface area (Å²) in [4.78, 5) is 2.43. The fourth-order valence-electron chi connectivity index (χ4n) is 2.57. The van der Waals surface area contributed by atoms with Gasteiger partial charge in [-0.15, -0.1) is 0 Å². The summed E-state index contributed by atoms with van der Waals surface area (Å²) in [5.74, 6) is 6.50. The van der Waals surface area contributed by atoms with E-state index in [0.29, 0.717) is 6.04 Å². The molecular weight excluding hydrogens is 220 g/mol. The largest absolute Gasteiger partial charge is 0.327 e. The zero-order valence-electron chi connectivity index (χ0n) is 11.1. The Bertz CT molecular complexity index is 414. The molecule has 2 rings (SSSR count). The average molecular weight is 242 g/mol. The van der Waals surface area contributed by atoms with Gasteiger partial charge in [0.25, 0.3) is 0 Å². The van der Waals surface area contributed by atoms with Crippen LogP contribution in [0.4, 0.5) is 0 Å². The van der Waals surface area contributed by atoms with Gasteiger partial charge in [-0.05, 0) is 38.4 Å². The van der Waals surface area contributed by atoms with Crippen LogP contribution in [0.5, 0.6) is 0 Å². The van der Waals surface area contributed by atoms with Crippen molar-refractivity contribution in [2.45, 2.75) is 38.3 Å². The van der Waals surface area contributed by atoms with Gasteiger partial charge in [-0.1, -0.05) is 36.5 Å². The topological polar surface area (TPSA) is 29.3 Å². The van der Waals surface area contributed by atoms with E-state index in [1.54, 1.807) is 0 Å². The maximum atomic E-state index is 6.05. The third-order valence-electron chi connectivity index (χ3n) is 3.56. The number of nitrogens with zero attached hydrogens (tertiary/aromatic N) is 1. The molecule has 1 aliphatic rings. The number of hydrogen-bond acceptors (Lipinski definition) is 2. The number of nitrogens with two attached hydrogens (primary N) is 1. The fourth-order valence-corrected chi connectivity index (χ4v) is 2.57. The molecule has 2 N–H and O–H groups in total. The van der Waals surface area contributed by atoms with Crippen LogP contribution in [0.3, 0.4) is 0 Å². The van der Waals surface area contributed by atoms with Gasteiger partial charge in [0.1, 0.15) is 0 Å². The van der Waals surface area contributed by atoms with Crippen molar-refractivity contribution < 1.29 is 0 Å². The van der Waals surface area contributed by atoms with E-state index in [1.807, 2.05) is 30.3 Å². The highest BCUT2D eigenvalue weighted by Crippen LogP contribution is 2.18. The minimum atomic E-state index is 0.240. The first kappa shape index (κ1) is 13.1. The van der Waals surface area contributed by atoms with Crippen LogP contribution in [-0.4, -0.2) is 30.1 Å². The van der Waals surface area contributed by atoms with E-state index >= 15 is 0 Å². The van der Waals surface area contributed by atoms with Crippen molar-refractivity contribution in [3.05, 3.63) is 35.9 Å². The van der Waals surface area contributed by atoms with E-state index in [-0.39, 0.29) is 6.04 Å². The van der Waals surface area contributed by atoms with Crippen molar-refractivity contribution in [2.75, 3.05) is 13.1 Å². The van der Waals surface area contributed by atoms with Crippen molar-refractivity contribution >= 4 is 0 Å². The molecule has 2 atom stereocenters. The average Bonchev–Trinajstić information content (AvgIpc) is 2.40. The molecule has 1 aliphatic heterocycles. The molecule has 2 heteroatoms. The number of benzene rings is 1. The molecule has 0 saturated carbocycles. The summed E-state index contributed by atoms with van der Waals surface area (Å²) < 4.78 is 0. The molecule has 1 aromatic rings. The first-order valence-corrected chi connectivity index (χ1v) is 6.81. The Balaban J connectivity index is 1.94. The molecular formula is C16H22N2. The molecule has 0 spiro atoms. The van der Waals surface area contributed by atoms with Gasteiger partial charge in [0, 0.05) is 17.6 Å². The second-order valence-electron chi connectivity index (χ2n) is 5.06. The summed E-state index contributed by atoms with van der Waals surface area (Å²) in [5.41, 5.74) is 7.14. The van der Waals surface area contributed by atoms with Gasteiger partial charge in [0.2, 0.25) is 0 Å². The van der Waals surface area contributed by atoms with Crippen LogP contribution >= 0.6 is 0 Å². The monoisotopic (exact) mass is 242 g/mol. The van der Waals surface area contributed by atoms with E-state index in [1.165, 1.54) is 19.3 Å². The summed E-state index contributed by atoms with van der Waals surface area (Å²) in [5, 5.41) is 0. The Labute approximate surface area is 110 Å². The van der Waals surface area contributed by atoms with Crippen LogP contribution < -0.4 is 5.73 Å². The van der Waals surface area contributed by atoms with Crippen molar-refractivity contribution in [3.8, 4) is 11.8 Å². The highest BCUT2D eigenvalue weighted by Gasteiger charge is 2.24. The van der Waals surface area contributed by atoms with Crippen LogP contribution in [0.25, 0.3) is 0 Å². The zero-order valence-corrected chi connectivity index (χ0v) is 11.1. The molecule has 1 aromatic carbocycles. The van der Waals surface area contributed by atoms with Gasteiger partial charge in [-0.3, -0.25) is 4.90 Å². The minimum Gasteiger partial charge on any atom is -0.327 e. The predicted molar refractivity (Wildman–Crippen MR) is 76.2 cm³/mol. The fraction of sp³-hybridized carbons (Fsp3) is 0.500. The Hall–Kier alpha value is -1.30. The number of piperidine rings is 1. The number of likely N-dealkylation sites (tertiary alicyclic amines) is 1. The van der Waals surface area contributed by atoms with Crippen molar-refractivity contribution in [1.29, 1.82) is 0 Å². The van der Waals surface area contributed by atoms with Gasteiger partial charge in [0.05, 0.1) is 6.54 Å². The smallest absolute Gasteiger partial charge is 0.0608 e. The Morgan fingerprint density at radius 1 is 1.33 bits per heavy atom. The van der Waals surface area contributed by atoms with Gasteiger partial charge in [-0.2, -0.15) is 0 Å². The molecule has 1 fully saturated rings. The van der Waals surface area contributed by atoms with Gasteiger partial charge >= 0.3 is 0 Å². The molecule has 1 saturated heterocycles. The lowest BCUT2D eigenvalue weighted by Gasteiger charge is -2.36. The molecule has 0 amide bonds. The minimum absolute atomic E-state index is 0.240. The number of rotatable bonds is 2. The van der Waals surface area contributed by atoms with Gasteiger partial charge < -0.3 is 5.73 Å². The van der Waals surface area contributed by atoms with Crippen molar-refractivity contribution in [1.82, 2.24) is 4.90 Å². The number of hydrogen-bond donors (Lipinski definition) is 1. The molecule has 0 radical (unpaired) electrons. The van der Waals surface area contributed by atoms with Gasteiger partial charge in [-0.25, -0.2) is 0 Å². The molecule has 1 heterocycles. The third-order valence-corrected chi connectivity index (χ3v) is 3.56. The molecule has 0 bridgehead atoms. The van der Waals surface area contributed by atoms with Crippen molar-refractivity contribution in [2.24, 2.45) is 5.73 Å². The first-order valence-electron chi connectivity index (χ1n) is 6.81. The van der Waals surface area contributed by atoms with E-state index in [0.717, 1.165) is 18.7 Å². The summed E-state index contributed by atoms with van der Waals surface area (Å²) in [6, 6.07) is 10.9. The van der Waals surface area contributed by atoms with Crippen LogP contribution in [-0.2, 0) is 0 Å². The van der Waals surface area contributed by atoms with E-state index in [4.69, 9.17) is 5.73 Å². The quantitative estimate of drug-likeness (QED) is 0.806. The molecule has 18 heavy (non-hydrogen) atoms. The molecule has 0 aliphatic carbocycles. The summed E-state index contributed by atoms with van der Waals surface area (Å²) >= 11 is 0. The second-order valence-corrected chi connectivity index (χ2v) is 5.06. The first-order chi connectivity index (χ1) is 8.77. The normalized spacial score (nSPS) is 22.0. The Morgan fingerprint density at radius 2 is 2.11 bits per heavy atom. The zero-order chi connectivity index (χ0) is 12.8. The highest BCUT2D eigenvalue weighted by molar-refractivity contribution is 5.33. The van der Waals surface area contributed by atoms with Gasteiger partial charge in [0.15, 0.2) is 0 Å². The standard InChI is InChI=1S/C16H22N2/c1-14(17)16-11-5-6-12-18(16)13-7-10-15-8-3-2-4-9-15/h2-4,8-9,14,16H,5-6,11-13,17H2,1H3. The lowest BCUT2D eigenvalue weighted by atomic mass is 9.97. The molecule has 2 unspecified atom stereocenters. The maximum absolute atomic E-state index is 6.05. The summed E-state index contributed by atoms with van der Waals surface area (Å²) in [7, 11) is 0. The van der Waals surface area contributed by atoms with Crippen LogP contribution in [0.15, 0.2) is 30.3 Å². The predicted octanol–water partition coefficient (Wildman–Crippen LogP) is 2.24. The van der Waals surface area contributed by atoms with Crippen LogP contribution in [0.2, 0.25) is 0 Å². The van der Waals surface area contributed by atoms with Crippen molar-refractivity contribution in [3.63, 3.8) is 0 Å². The lowest BCUT2D eigenvalue weighted by molar-refractivity contribution is 0.149.